The lowest BCUT2D eigenvalue weighted by atomic mass is 9.94. The molecule has 2 fully saturated rings. The van der Waals surface area contributed by atoms with Gasteiger partial charge in [-0.3, -0.25) is 4.90 Å². The number of pyridine rings is 1. The standard InChI is InChI=1S/C42H42ClF5N6O4/c1-25-16-32(53(18-26-6-10-28(55-3)11-7-26)19-27-8-12-29(56-4)13-9-27)51-37(35(25)42(46,47)48)30-17-31-34-38(36(30)43)49-24-50-39(34)52(2)20-33(58-31)57-23-40-14-5-15-54(40)22-41(44,45)21-40/h6-13,16-17,20,49H,5,14-15,18-19,21-24H2,1-4H3. The van der Waals surface area contributed by atoms with Gasteiger partial charge in [0.1, 0.15) is 42.2 Å². The molecule has 4 aliphatic rings. The van der Waals surface area contributed by atoms with Crippen molar-refractivity contribution in [2.24, 2.45) is 4.99 Å². The first-order valence-corrected chi connectivity index (χ1v) is 19.2. The molecule has 306 valence electrons. The summed E-state index contributed by atoms with van der Waals surface area (Å²) in [5, 5.41) is 3.13. The van der Waals surface area contributed by atoms with Crippen LogP contribution in [0.15, 0.2) is 77.8 Å². The monoisotopic (exact) mass is 824 g/mol. The Labute approximate surface area is 337 Å². The average molecular weight is 825 g/mol. The molecule has 4 aliphatic heterocycles. The van der Waals surface area contributed by atoms with Gasteiger partial charge in [-0.05, 0) is 79.4 Å². The van der Waals surface area contributed by atoms with Crippen LogP contribution in [-0.2, 0) is 24.0 Å². The third-order valence-corrected chi connectivity index (χ3v) is 11.5. The van der Waals surface area contributed by atoms with Gasteiger partial charge in [-0.15, -0.1) is 0 Å². The van der Waals surface area contributed by atoms with E-state index in [1.54, 1.807) is 37.3 Å². The van der Waals surface area contributed by atoms with Gasteiger partial charge < -0.3 is 34.1 Å². The molecule has 4 aromatic rings. The van der Waals surface area contributed by atoms with Crippen molar-refractivity contribution in [3.8, 4) is 28.5 Å². The minimum absolute atomic E-state index is 0.00685. The van der Waals surface area contributed by atoms with Crippen molar-refractivity contribution in [1.82, 2.24) is 14.8 Å². The fourth-order valence-electron chi connectivity index (χ4n) is 8.42. The van der Waals surface area contributed by atoms with Crippen molar-refractivity contribution >= 4 is 28.9 Å². The third kappa shape index (κ3) is 7.57. The van der Waals surface area contributed by atoms with Crippen LogP contribution in [-0.4, -0.2) is 79.7 Å². The Morgan fingerprint density at radius 2 is 1.64 bits per heavy atom. The molecule has 3 aromatic carbocycles. The Morgan fingerprint density at radius 3 is 2.26 bits per heavy atom. The number of hydrogen-bond donors (Lipinski definition) is 1. The van der Waals surface area contributed by atoms with E-state index in [4.69, 9.17) is 35.5 Å². The number of nitrogens with one attached hydrogen (secondary N) is 1. The smallest absolute Gasteiger partial charge is 0.418 e. The number of aryl methyl sites for hydroxylation is 1. The number of benzene rings is 3. The summed E-state index contributed by atoms with van der Waals surface area (Å²) in [4.78, 5) is 14.7. The Kier molecular flexibility index (Phi) is 10.3. The van der Waals surface area contributed by atoms with Crippen LogP contribution in [0.4, 0.5) is 33.5 Å². The van der Waals surface area contributed by atoms with Gasteiger partial charge in [0.05, 0.1) is 60.0 Å². The van der Waals surface area contributed by atoms with Crippen molar-refractivity contribution in [3.63, 3.8) is 0 Å². The summed E-state index contributed by atoms with van der Waals surface area (Å²) >= 11 is 7.11. The molecule has 10 nitrogen and oxygen atoms in total. The van der Waals surface area contributed by atoms with E-state index in [2.05, 4.69) is 10.3 Å². The molecule has 1 N–H and O–H groups in total. The highest BCUT2D eigenvalue weighted by Crippen LogP contribution is 2.50. The van der Waals surface area contributed by atoms with E-state index >= 15 is 13.2 Å². The van der Waals surface area contributed by atoms with Crippen molar-refractivity contribution in [2.45, 2.75) is 56.9 Å². The maximum Gasteiger partial charge on any atom is 0.418 e. The molecule has 0 spiro atoms. The lowest BCUT2D eigenvalue weighted by Gasteiger charge is -2.31. The summed E-state index contributed by atoms with van der Waals surface area (Å²) in [5.41, 5.74) is 0.157. The SMILES string of the molecule is COc1ccc(CN(Cc2ccc(OC)cc2)c2cc(C)c(C(F)(F)F)c(-c3cc4c5c(c3Cl)NCN=C5N(C)C=C(OCC35CCCN3CC(F)(F)C5)O4)n2)cc1. The van der Waals surface area contributed by atoms with Gasteiger partial charge in [0, 0.05) is 32.1 Å². The van der Waals surface area contributed by atoms with Crippen LogP contribution in [0.2, 0.25) is 5.02 Å². The Hall–Kier alpha value is -5.28. The van der Waals surface area contributed by atoms with Crippen LogP contribution >= 0.6 is 11.6 Å². The van der Waals surface area contributed by atoms with Gasteiger partial charge in [0.2, 0.25) is 0 Å². The second-order valence-corrected chi connectivity index (χ2v) is 15.5. The number of nitrogens with zero attached hydrogens (tertiary/aromatic N) is 5. The van der Waals surface area contributed by atoms with Crippen LogP contribution in [0.5, 0.6) is 17.2 Å². The Morgan fingerprint density at radius 1 is 0.983 bits per heavy atom. The summed E-state index contributed by atoms with van der Waals surface area (Å²) in [5.74, 6) is -0.714. The van der Waals surface area contributed by atoms with Gasteiger partial charge in [0.25, 0.3) is 5.92 Å². The van der Waals surface area contributed by atoms with Crippen molar-refractivity contribution in [2.75, 3.05) is 57.8 Å². The van der Waals surface area contributed by atoms with Crippen LogP contribution in [0.1, 0.15) is 47.1 Å². The number of aromatic nitrogens is 1. The number of amidine groups is 1. The predicted molar refractivity (Wildman–Crippen MR) is 211 cm³/mol. The fraction of sp³-hybridized carbons (Fsp3) is 0.381. The molecule has 5 heterocycles. The molecule has 8 rings (SSSR count). The molecule has 0 bridgehead atoms. The molecule has 0 aliphatic carbocycles. The summed E-state index contributed by atoms with van der Waals surface area (Å²) < 4.78 is 98.0. The third-order valence-electron chi connectivity index (χ3n) is 11.1. The number of ether oxygens (including phenoxy) is 4. The van der Waals surface area contributed by atoms with Crippen LogP contribution in [0.25, 0.3) is 11.3 Å². The zero-order valence-electron chi connectivity index (χ0n) is 32.4. The van der Waals surface area contributed by atoms with Gasteiger partial charge in [-0.1, -0.05) is 35.9 Å². The summed E-state index contributed by atoms with van der Waals surface area (Å²) in [6.07, 6.45) is -2.31. The van der Waals surface area contributed by atoms with E-state index in [1.807, 2.05) is 53.4 Å². The lowest BCUT2D eigenvalue weighted by molar-refractivity contribution is -0.137. The van der Waals surface area contributed by atoms with Crippen LogP contribution in [0.3, 0.4) is 0 Å². The van der Waals surface area contributed by atoms with Crippen LogP contribution in [0, 0.1) is 6.92 Å². The molecule has 0 saturated carbocycles. The van der Waals surface area contributed by atoms with Gasteiger partial charge >= 0.3 is 12.1 Å². The predicted octanol–water partition coefficient (Wildman–Crippen LogP) is 9.10. The highest BCUT2D eigenvalue weighted by molar-refractivity contribution is 6.37. The minimum Gasteiger partial charge on any atom is -0.497 e. The number of anilines is 2. The molecule has 58 heavy (non-hydrogen) atoms. The van der Waals surface area contributed by atoms with Gasteiger partial charge in [-0.2, -0.15) is 13.2 Å². The molecule has 0 amide bonds. The van der Waals surface area contributed by atoms with Gasteiger partial charge in [-0.25, -0.2) is 18.8 Å². The molecule has 0 radical (unpaired) electrons. The van der Waals surface area contributed by atoms with E-state index in [0.717, 1.165) is 17.5 Å². The Bertz CT molecular complexity index is 2220. The zero-order valence-corrected chi connectivity index (χ0v) is 33.1. The van der Waals surface area contributed by atoms with E-state index in [1.165, 1.54) is 19.1 Å². The number of halogens is 6. The molecular formula is C42H42ClF5N6O4. The van der Waals surface area contributed by atoms with E-state index in [9.17, 15) is 8.78 Å². The highest BCUT2D eigenvalue weighted by atomic mass is 35.5. The van der Waals surface area contributed by atoms with E-state index < -0.39 is 28.9 Å². The Balaban J connectivity index is 1.22. The van der Waals surface area contributed by atoms with Gasteiger partial charge in [0.15, 0.2) is 0 Å². The molecule has 2 saturated heterocycles. The van der Waals surface area contributed by atoms with Crippen molar-refractivity contribution in [1.29, 1.82) is 0 Å². The van der Waals surface area contributed by atoms with Crippen molar-refractivity contribution in [3.05, 3.63) is 106 Å². The van der Waals surface area contributed by atoms with Crippen molar-refractivity contribution < 1.29 is 40.9 Å². The molecule has 1 aromatic heterocycles. The molecule has 1 unspecified atom stereocenters. The first kappa shape index (κ1) is 39.5. The number of aliphatic imine (C=N–C) groups is 1. The largest absolute Gasteiger partial charge is 0.497 e. The number of fused-ring (bicyclic) bond motifs is 1. The van der Waals surface area contributed by atoms with E-state index in [-0.39, 0.29) is 59.9 Å². The summed E-state index contributed by atoms with van der Waals surface area (Å²) in [6.45, 7) is 2.21. The average Bonchev–Trinajstić information content (AvgIpc) is 3.63. The fourth-order valence-corrected chi connectivity index (χ4v) is 8.73. The lowest BCUT2D eigenvalue weighted by Crippen LogP contribution is -2.42. The summed E-state index contributed by atoms with van der Waals surface area (Å²) in [6, 6.07) is 17.7. The van der Waals surface area contributed by atoms with Crippen LogP contribution < -0.4 is 24.4 Å². The minimum atomic E-state index is -4.82. The first-order chi connectivity index (χ1) is 27.7. The second-order valence-electron chi connectivity index (χ2n) is 15.1. The second kappa shape index (κ2) is 15.1. The number of alkyl halides is 5. The number of hydrogen-bond acceptors (Lipinski definition) is 10. The molecule has 1 atom stereocenters. The number of methoxy groups -OCH3 is 2. The summed E-state index contributed by atoms with van der Waals surface area (Å²) in [7, 11) is 4.86. The normalized spacial score (nSPS) is 19.6. The zero-order chi connectivity index (χ0) is 41.0. The number of rotatable bonds is 11. The topological polar surface area (TPSA) is 83.9 Å². The molecular weight excluding hydrogens is 783 g/mol. The quantitative estimate of drug-likeness (QED) is 0.149. The highest BCUT2D eigenvalue weighted by Gasteiger charge is 2.57. The first-order valence-electron chi connectivity index (χ1n) is 18.8. The van der Waals surface area contributed by atoms with E-state index in [0.29, 0.717) is 54.6 Å². The molecule has 16 heteroatoms. The maximum absolute atomic E-state index is 15.2. The maximum atomic E-state index is 15.2.